The van der Waals surface area contributed by atoms with Gasteiger partial charge in [-0.1, -0.05) is 36.4 Å². The smallest absolute Gasteiger partial charge is 0.338 e. The number of carbonyl (C=O) groups excluding carboxylic acids is 2. The molecule has 0 unspecified atom stereocenters. The number of hydrogen-bond donors (Lipinski definition) is 0. The second-order valence-electron chi connectivity index (χ2n) is 8.64. The highest BCUT2D eigenvalue weighted by Crippen LogP contribution is 2.31. The van der Waals surface area contributed by atoms with E-state index in [1.807, 2.05) is 12.1 Å². The molecule has 1 aliphatic carbocycles. The highest BCUT2D eigenvalue weighted by Gasteiger charge is 2.20. The first-order valence-electron chi connectivity index (χ1n) is 11.1. The Morgan fingerprint density at radius 3 is 1.09 bits per heavy atom. The molecule has 0 radical (unpaired) electrons. The maximum absolute atomic E-state index is 12.3. The third-order valence-electron chi connectivity index (χ3n) is 6.53. The molecule has 0 saturated carbocycles. The number of benzene rings is 4. The van der Waals surface area contributed by atoms with Crippen LogP contribution in [0.15, 0.2) is 48.5 Å². The topological polar surface area (TPSA) is 52.6 Å². The van der Waals surface area contributed by atoms with Crippen LogP contribution in [0.4, 0.5) is 0 Å². The summed E-state index contributed by atoms with van der Waals surface area (Å²) in [6, 6.07) is 16.3. The van der Waals surface area contributed by atoms with E-state index in [0.717, 1.165) is 33.0 Å². The lowest BCUT2D eigenvalue weighted by Crippen LogP contribution is -2.11. The molecule has 4 aromatic carbocycles. The summed E-state index contributed by atoms with van der Waals surface area (Å²) in [6.07, 6.45) is 8.44. The Labute approximate surface area is 198 Å². The van der Waals surface area contributed by atoms with Crippen LogP contribution in [0.5, 0.6) is 0 Å². The zero-order valence-corrected chi connectivity index (χ0v) is 19.6. The number of carbonyl (C=O) groups is 2. The molecular formula is C30H24O4. The number of rotatable bonds is 2. The van der Waals surface area contributed by atoms with Gasteiger partial charge >= 0.3 is 11.9 Å². The van der Waals surface area contributed by atoms with Crippen molar-refractivity contribution in [2.45, 2.75) is 13.8 Å². The summed E-state index contributed by atoms with van der Waals surface area (Å²) in [6.45, 7) is 4.27. The summed E-state index contributed by atoms with van der Waals surface area (Å²) >= 11 is 0. The largest absolute Gasteiger partial charge is 0.465 e. The first-order chi connectivity index (χ1) is 16.4. The lowest BCUT2D eigenvalue weighted by atomic mass is 9.92. The van der Waals surface area contributed by atoms with Gasteiger partial charge in [-0.3, -0.25) is 0 Å². The van der Waals surface area contributed by atoms with Crippen molar-refractivity contribution >= 4 is 57.8 Å². The van der Waals surface area contributed by atoms with Gasteiger partial charge in [-0.25, -0.2) is 9.59 Å². The van der Waals surface area contributed by atoms with Gasteiger partial charge < -0.3 is 9.47 Å². The fraction of sp³-hybridized carbons (Fsp3) is 0.133. The quantitative estimate of drug-likeness (QED) is 0.278. The minimum atomic E-state index is -0.573. The molecule has 0 fully saturated rings. The third kappa shape index (κ3) is 3.67. The highest BCUT2D eigenvalue weighted by molar-refractivity contribution is 6.08. The first kappa shape index (κ1) is 21.7. The number of fused-ring (bicyclic) bond motifs is 4. The van der Waals surface area contributed by atoms with Gasteiger partial charge in [-0.05, 0) is 105 Å². The molecule has 0 amide bonds. The zero-order chi connectivity index (χ0) is 24.0. The Balaban J connectivity index is 1.67. The van der Waals surface area contributed by atoms with Crippen LogP contribution < -0.4 is 0 Å². The molecule has 0 aromatic heterocycles. The average molecular weight is 449 g/mol. The van der Waals surface area contributed by atoms with E-state index in [1.54, 1.807) is 12.1 Å². The average Bonchev–Trinajstić information content (AvgIpc) is 2.83. The van der Waals surface area contributed by atoms with Crippen molar-refractivity contribution in [2.75, 3.05) is 14.2 Å². The number of aryl methyl sites for hydroxylation is 2. The summed E-state index contributed by atoms with van der Waals surface area (Å²) < 4.78 is 9.78. The molecule has 4 heteroatoms. The highest BCUT2D eigenvalue weighted by atomic mass is 16.5. The minimum Gasteiger partial charge on any atom is -0.465 e. The van der Waals surface area contributed by atoms with E-state index < -0.39 is 11.9 Å². The van der Waals surface area contributed by atoms with Crippen LogP contribution in [-0.4, -0.2) is 26.2 Å². The van der Waals surface area contributed by atoms with Gasteiger partial charge in [0.25, 0.3) is 0 Å². The van der Waals surface area contributed by atoms with Gasteiger partial charge in [0.1, 0.15) is 0 Å². The monoisotopic (exact) mass is 448 g/mol. The number of esters is 2. The maximum Gasteiger partial charge on any atom is 0.338 e. The molecule has 168 valence electrons. The van der Waals surface area contributed by atoms with Crippen molar-refractivity contribution in [3.05, 3.63) is 93.0 Å². The van der Waals surface area contributed by atoms with Crippen LogP contribution in [0.2, 0.25) is 0 Å². The van der Waals surface area contributed by atoms with Crippen molar-refractivity contribution in [3.63, 3.8) is 0 Å². The van der Waals surface area contributed by atoms with E-state index in [1.165, 1.54) is 36.1 Å². The lowest BCUT2D eigenvalue weighted by Gasteiger charge is -2.13. The van der Waals surface area contributed by atoms with Crippen molar-refractivity contribution in [3.8, 4) is 0 Å². The predicted octanol–water partition coefficient (Wildman–Crippen LogP) is 6.84. The molecule has 34 heavy (non-hydrogen) atoms. The molecule has 0 atom stereocenters. The Hall–Kier alpha value is -4.18. The number of ether oxygens (including phenoxy) is 2. The van der Waals surface area contributed by atoms with Crippen LogP contribution in [0.1, 0.15) is 54.1 Å². The minimum absolute atomic E-state index is 0.189. The van der Waals surface area contributed by atoms with Gasteiger partial charge in [0.2, 0.25) is 0 Å². The fourth-order valence-corrected chi connectivity index (χ4v) is 4.49. The van der Waals surface area contributed by atoms with Crippen LogP contribution in [0, 0.1) is 13.8 Å². The second-order valence-corrected chi connectivity index (χ2v) is 8.64. The second kappa shape index (κ2) is 8.31. The van der Waals surface area contributed by atoms with Crippen LogP contribution in [0.3, 0.4) is 0 Å². The van der Waals surface area contributed by atoms with E-state index in [0.29, 0.717) is 0 Å². The SMILES string of the molecule is COC(=O)c1cc2cc3c(cc2cc1C(=O)OC)/C=C\c1cc2cc(C)c(C)cc2cc1/C=C\3. The summed E-state index contributed by atoms with van der Waals surface area (Å²) in [4.78, 5) is 24.6. The first-order valence-corrected chi connectivity index (χ1v) is 11.1. The Kier molecular flexibility index (Phi) is 5.29. The molecule has 0 saturated heterocycles. The van der Waals surface area contributed by atoms with Crippen molar-refractivity contribution in [1.82, 2.24) is 0 Å². The van der Waals surface area contributed by atoms with E-state index in [-0.39, 0.29) is 11.1 Å². The molecule has 0 heterocycles. The van der Waals surface area contributed by atoms with Crippen molar-refractivity contribution in [2.24, 2.45) is 0 Å². The molecule has 0 bridgehead atoms. The predicted molar refractivity (Wildman–Crippen MR) is 138 cm³/mol. The summed E-state index contributed by atoms with van der Waals surface area (Å²) in [5.74, 6) is -1.15. The lowest BCUT2D eigenvalue weighted by molar-refractivity contribution is 0.0555. The summed E-state index contributed by atoms with van der Waals surface area (Å²) in [5, 5.41) is 4.13. The Morgan fingerprint density at radius 1 is 0.500 bits per heavy atom. The summed E-state index contributed by atoms with van der Waals surface area (Å²) in [7, 11) is 2.59. The van der Waals surface area contributed by atoms with Gasteiger partial charge in [0.15, 0.2) is 0 Å². The molecule has 1 aliphatic rings. The molecule has 0 spiro atoms. The van der Waals surface area contributed by atoms with Crippen LogP contribution in [-0.2, 0) is 9.47 Å². The van der Waals surface area contributed by atoms with Gasteiger partial charge in [-0.2, -0.15) is 0 Å². The van der Waals surface area contributed by atoms with Gasteiger partial charge in [0.05, 0.1) is 25.3 Å². The molecule has 0 N–H and O–H groups in total. The molecule has 0 aliphatic heterocycles. The number of hydrogen-bond acceptors (Lipinski definition) is 4. The molecule has 4 aromatic rings. The van der Waals surface area contributed by atoms with Crippen molar-refractivity contribution in [1.29, 1.82) is 0 Å². The van der Waals surface area contributed by atoms with E-state index >= 15 is 0 Å². The summed E-state index contributed by atoms with van der Waals surface area (Å²) in [5.41, 5.74) is 7.28. The van der Waals surface area contributed by atoms with E-state index in [9.17, 15) is 9.59 Å². The maximum atomic E-state index is 12.3. The number of methoxy groups -OCH3 is 2. The Morgan fingerprint density at radius 2 is 0.794 bits per heavy atom. The van der Waals surface area contributed by atoms with Crippen molar-refractivity contribution < 1.29 is 19.1 Å². The normalized spacial score (nSPS) is 14.0. The molecule has 4 nitrogen and oxygen atoms in total. The third-order valence-corrected chi connectivity index (χ3v) is 6.53. The van der Waals surface area contributed by atoms with Crippen LogP contribution in [0.25, 0.3) is 45.8 Å². The standard InChI is InChI=1S/C30H24O4/c1-17-9-23-11-19-5-7-21-13-25-15-27(29(31)33-3)28(30(32)34-4)16-26(25)14-22(21)8-6-20(19)12-24(23)10-18(17)2/h5-16H,1-4H3/b7-5-,8-6-,19-5?,20-6?,21-7?,22-8?. The molecular weight excluding hydrogens is 424 g/mol. The molecule has 5 rings (SSSR count). The van der Waals surface area contributed by atoms with E-state index in [2.05, 4.69) is 62.4 Å². The van der Waals surface area contributed by atoms with Gasteiger partial charge in [0, 0.05) is 0 Å². The fourth-order valence-electron chi connectivity index (χ4n) is 4.49. The van der Waals surface area contributed by atoms with Crippen LogP contribution >= 0.6 is 0 Å². The zero-order valence-electron chi connectivity index (χ0n) is 19.6. The van der Waals surface area contributed by atoms with Gasteiger partial charge in [-0.15, -0.1) is 0 Å². The van der Waals surface area contributed by atoms with E-state index in [4.69, 9.17) is 9.47 Å². The Bertz CT molecular complexity index is 1450.